The lowest BCUT2D eigenvalue weighted by atomic mass is 10.2. The summed E-state index contributed by atoms with van der Waals surface area (Å²) in [4.78, 5) is 41.2. The number of nitrogens with zero attached hydrogens (tertiary/aromatic N) is 1. The zero-order valence-corrected chi connectivity index (χ0v) is 21.7. The molecule has 0 fully saturated rings. The molecule has 0 saturated carbocycles. The zero-order valence-electron chi connectivity index (χ0n) is 20.9. The average molecular weight is 518 g/mol. The Bertz CT molecular complexity index is 1330. The molecule has 0 radical (unpaired) electrons. The van der Waals surface area contributed by atoms with Gasteiger partial charge in [-0.15, -0.1) is 0 Å². The van der Waals surface area contributed by atoms with E-state index in [2.05, 4.69) is 10.6 Å². The van der Waals surface area contributed by atoms with Crippen LogP contribution in [0.5, 0.6) is 11.5 Å². The number of anilines is 2. The van der Waals surface area contributed by atoms with Crippen LogP contribution < -0.4 is 20.1 Å². The maximum Gasteiger partial charge on any atom is 0.278 e. The standard InChI is InChI=1S/C28H27N3O5S/c1-17(2)31-27(33)24(29-19-7-13-22(36-4)14-8-19)25(28(31)34)37-23-15-9-20(10-16-23)30-26(32)18-5-11-21(35-3)12-6-18/h5-17,29H,1-4H3,(H,30,32). The second-order valence-corrected chi connectivity index (χ2v) is 9.52. The summed E-state index contributed by atoms with van der Waals surface area (Å²) in [6.45, 7) is 3.60. The highest BCUT2D eigenvalue weighted by atomic mass is 32.2. The van der Waals surface area contributed by atoms with E-state index in [9.17, 15) is 14.4 Å². The average Bonchev–Trinajstić information content (AvgIpc) is 3.14. The second kappa shape index (κ2) is 11.2. The third-order valence-electron chi connectivity index (χ3n) is 5.63. The van der Waals surface area contributed by atoms with Gasteiger partial charge in [-0.3, -0.25) is 19.3 Å². The minimum Gasteiger partial charge on any atom is -0.497 e. The molecule has 3 aromatic carbocycles. The van der Waals surface area contributed by atoms with Gasteiger partial charge in [0, 0.05) is 27.9 Å². The lowest BCUT2D eigenvalue weighted by Gasteiger charge is -2.19. The Morgan fingerprint density at radius 1 is 0.784 bits per heavy atom. The molecule has 9 heteroatoms. The highest BCUT2D eigenvalue weighted by Gasteiger charge is 2.40. The number of thioether (sulfide) groups is 1. The predicted molar refractivity (Wildman–Crippen MR) is 144 cm³/mol. The van der Waals surface area contributed by atoms with E-state index < -0.39 is 0 Å². The van der Waals surface area contributed by atoms with Crippen molar-refractivity contribution >= 4 is 40.9 Å². The van der Waals surface area contributed by atoms with Crippen LogP contribution in [0.25, 0.3) is 0 Å². The van der Waals surface area contributed by atoms with Crippen LogP contribution in [0.1, 0.15) is 24.2 Å². The van der Waals surface area contributed by atoms with Gasteiger partial charge in [0.1, 0.15) is 22.1 Å². The fourth-order valence-electron chi connectivity index (χ4n) is 3.69. The number of carbonyl (C=O) groups excluding carboxylic acids is 3. The molecule has 4 rings (SSSR count). The Kier molecular flexibility index (Phi) is 7.83. The van der Waals surface area contributed by atoms with Gasteiger partial charge in [-0.05, 0) is 86.6 Å². The van der Waals surface area contributed by atoms with Crippen molar-refractivity contribution in [3.05, 3.63) is 89.0 Å². The summed E-state index contributed by atoms with van der Waals surface area (Å²) >= 11 is 1.20. The topological polar surface area (TPSA) is 97.0 Å². The Balaban J connectivity index is 1.52. The summed E-state index contributed by atoms with van der Waals surface area (Å²) in [5.41, 5.74) is 2.00. The molecule has 3 aromatic rings. The normalized spacial score (nSPS) is 13.3. The summed E-state index contributed by atoms with van der Waals surface area (Å²) in [5.74, 6) is 0.385. The Labute approximate surface area is 219 Å². The molecule has 0 saturated heterocycles. The molecule has 0 unspecified atom stereocenters. The lowest BCUT2D eigenvalue weighted by Crippen LogP contribution is -2.38. The van der Waals surface area contributed by atoms with Gasteiger partial charge < -0.3 is 20.1 Å². The SMILES string of the molecule is COc1ccc(NC2=C(Sc3ccc(NC(=O)c4ccc(OC)cc4)cc3)C(=O)N(C(C)C)C2=O)cc1. The third-order valence-corrected chi connectivity index (χ3v) is 6.72. The summed E-state index contributed by atoms with van der Waals surface area (Å²) < 4.78 is 10.3. The molecule has 0 atom stereocenters. The molecule has 2 N–H and O–H groups in total. The quantitative estimate of drug-likeness (QED) is 0.379. The predicted octanol–water partition coefficient (Wildman–Crippen LogP) is 5.15. The molecule has 37 heavy (non-hydrogen) atoms. The van der Waals surface area contributed by atoms with E-state index in [1.54, 1.807) is 101 Å². The van der Waals surface area contributed by atoms with E-state index in [0.717, 1.165) is 4.90 Å². The number of methoxy groups -OCH3 is 2. The molecule has 0 aromatic heterocycles. The number of ether oxygens (including phenoxy) is 2. The van der Waals surface area contributed by atoms with Crippen molar-refractivity contribution in [1.82, 2.24) is 4.90 Å². The largest absolute Gasteiger partial charge is 0.497 e. The maximum atomic E-state index is 13.2. The van der Waals surface area contributed by atoms with Crippen LogP contribution in [0.3, 0.4) is 0 Å². The summed E-state index contributed by atoms with van der Waals surface area (Å²) in [7, 11) is 3.15. The van der Waals surface area contributed by atoms with Crippen LogP contribution in [0, 0.1) is 0 Å². The van der Waals surface area contributed by atoms with Crippen molar-refractivity contribution in [2.45, 2.75) is 24.8 Å². The van der Waals surface area contributed by atoms with Gasteiger partial charge in [0.15, 0.2) is 0 Å². The van der Waals surface area contributed by atoms with Crippen LogP contribution in [-0.4, -0.2) is 42.9 Å². The highest BCUT2D eigenvalue weighted by Crippen LogP contribution is 2.37. The molecule has 0 bridgehead atoms. The van der Waals surface area contributed by atoms with E-state index >= 15 is 0 Å². The number of rotatable bonds is 9. The molecule has 1 aliphatic rings. The minimum absolute atomic E-state index is 0.228. The molecular weight excluding hydrogens is 490 g/mol. The molecule has 8 nitrogen and oxygen atoms in total. The van der Waals surface area contributed by atoms with Crippen LogP contribution in [0.4, 0.5) is 11.4 Å². The molecule has 190 valence electrons. The number of benzene rings is 3. The van der Waals surface area contributed by atoms with Crippen LogP contribution in [0.15, 0.2) is 88.3 Å². The molecular formula is C28H27N3O5S. The Morgan fingerprint density at radius 2 is 1.32 bits per heavy atom. The zero-order chi connectivity index (χ0) is 26.5. The first kappa shape index (κ1) is 25.8. The summed E-state index contributed by atoms with van der Waals surface area (Å²) in [6, 6.07) is 20.7. The van der Waals surface area contributed by atoms with E-state index in [1.807, 2.05) is 0 Å². The van der Waals surface area contributed by atoms with E-state index in [0.29, 0.717) is 33.3 Å². The number of hydrogen-bond donors (Lipinski definition) is 2. The number of imide groups is 1. The van der Waals surface area contributed by atoms with Gasteiger partial charge in [0.05, 0.1) is 14.2 Å². The summed E-state index contributed by atoms with van der Waals surface area (Å²) in [6.07, 6.45) is 0. The van der Waals surface area contributed by atoms with Crippen molar-refractivity contribution in [2.75, 3.05) is 24.9 Å². The van der Waals surface area contributed by atoms with Crippen molar-refractivity contribution in [3.8, 4) is 11.5 Å². The smallest absolute Gasteiger partial charge is 0.278 e. The van der Waals surface area contributed by atoms with E-state index in [4.69, 9.17) is 9.47 Å². The van der Waals surface area contributed by atoms with Crippen LogP contribution >= 0.6 is 11.8 Å². The van der Waals surface area contributed by atoms with Crippen molar-refractivity contribution in [1.29, 1.82) is 0 Å². The minimum atomic E-state index is -0.373. The highest BCUT2D eigenvalue weighted by molar-refractivity contribution is 8.04. The van der Waals surface area contributed by atoms with Gasteiger partial charge in [0.25, 0.3) is 17.7 Å². The Morgan fingerprint density at radius 3 is 1.86 bits per heavy atom. The molecule has 3 amide bonds. The lowest BCUT2D eigenvalue weighted by molar-refractivity contribution is -0.139. The number of hydrogen-bond acceptors (Lipinski definition) is 7. The van der Waals surface area contributed by atoms with Gasteiger partial charge in [-0.2, -0.15) is 0 Å². The molecule has 1 aliphatic heterocycles. The number of amides is 3. The van der Waals surface area contributed by atoms with Crippen molar-refractivity contribution in [2.24, 2.45) is 0 Å². The summed E-state index contributed by atoms with van der Waals surface area (Å²) in [5, 5.41) is 5.97. The van der Waals surface area contributed by atoms with Crippen molar-refractivity contribution < 1.29 is 23.9 Å². The van der Waals surface area contributed by atoms with Gasteiger partial charge in [-0.25, -0.2) is 0 Å². The molecule has 0 spiro atoms. The monoisotopic (exact) mass is 517 g/mol. The van der Waals surface area contributed by atoms with E-state index in [1.165, 1.54) is 16.7 Å². The number of carbonyl (C=O) groups is 3. The third kappa shape index (κ3) is 5.78. The molecule has 0 aliphatic carbocycles. The molecule has 1 heterocycles. The van der Waals surface area contributed by atoms with Gasteiger partial charge in [0.2, 0.25) is 0 Å². The fraction of sp³-hybridized carbons (Fsp3) is 0.179. The Hall–Kier alpha value is -4.24. The first-order valence-electron chi connectivity index (χ1n) is 11.6. The van der Waals surface area contributed by atoms with Gasteiger partial charge >= 0.3 is 0 Å². The first-order chi connectivity index (χ1) is 17.8. The second-order valence-electron chi connectivity index (χ2n) is 8.44. The van der Waals surface area contributed by atoms with Gasteiger partial charge in [-0.1, -0.05) is 11.8 Å². The van der Waals surface area contributed by atoms with E-state index in [-0.39, 0.29) is 29.5 Å². The van der Waals surface area contributed by atoms with Crippen molar-refractivity contribution in [3.63, 3.8) is 0 Å². The van der Waals surface area contributed by atoms with Crippen LogP contribution in [-0.2, 0) is 9.59 Å². The first-order valence-corrected chi connectivity index (χ1v) is 12.4. The fourth-order valence-corrected chi connectivity index (χ4v) is 4.62. The van der Waals surface area contributed by atoms with Crippen LogP contribution in [0.2, 0.25) is 0 Å². The maximum absolute atomic E-state index is 13.2. The number of nitrogens with one attached hydrogen (secondary N) is 2.